The summed E-state index contributed by atoms with van der Waals surface area (Å²) in [5, 5.41) is 15.3. The zero-order valence-electron chi connectivity index (χ0n) is 18.3. The summed E-state index contributed by atoms with van der Waals surface area (Å²) >= 11 is 0. The summed E-state index contributed by atoms with van der Waals surface area (Å²) in [5.74, 6) is 0.758. The van der Waals surface area contributed by atoms with Crippen LogP contribution in [-0.4, -0.2) is 51.3 Å². The normalized spacial score (nSPS) is 19.6. The van der Waals surface area contributed by atoms with Crippen LogP contribution in [0, 0.1) is 12.7 Å². The highest BCUT2D eigenvalue weighted by Crippen LogP contribution is 2.31. The molecule has 0 spiro atoms. The number of likely N-dealkylation sites (tertiary alicyclic amines) is 1. The number of aryl methyl sites for hydroxylation is 1. The molecule has 8 heteroatoms. The predicted octanol–water partition coefficient (Wildman–Crippen LogP) is 3.40. The maximum absolute atomic E-state index is 13.7. The summed E-state index contributed by atoms with van der Waals surface area (Å²) in [4.78, 5) is 18.5. The minimum Gasteiger partial charge on any atom is -0.465 e. The van der Waals surface area contributed by atoms with Crippen LogP contribution in [0.3, 0.4) is 0 Å². The average molecular weight is 430 g/mol. The van der Waals surface area contributed by atoms with Crippen molar-refractivity contribution in [3.8, 4) is 0 Å². The molecule has 3 N–H and O–H groups in total. The number of carboxylic acid groups (broad SMARTS) is 1. The highest BCUT2D eigenvalue weighted by molar-refractivity contribution is 5.65. The molecule has 0 saturated carbocycles. The third-order valence-electron chi connectivity index (χ3n) is 6.71. The van der Waals surface area contributed by atoms with Gasteiger partial charge in [-0.05, 0) is 50.8 Å². The van der Waals surface area contributed by atoms with Crippen LogP contribution in [0.1, 0.15) is 61.0 Å². The number of imidazole rings is 1. The van der Waals surface area contributed by atoms with Gasteiger partial charge in [-0.1, -0.05) is 12.1 Å². The van der Waals surface area contributed by atoms with Gasteiger partial charge in [-0.25, -0.2) is 14.2 Å². The molecule has 3 heterocycles. The number of nitrogens with zero attached hydrogens (tertiary/aromatic N) is 3. The van der Waals surface area contributed by atoms with Gasteiger partial charge in [-0.3, -0.25) is 0 Å². The molecule has 4 rings (SSSR count). The van der Waals surface area contributed by atoms with E-state index in [-0.39, 0.29) is 11.9 Å². The maximum atomic E-state index is 13.7. The zero-order valence-corrected chi connectivity index (χ0v) is 18.3. The SMILES string of the molecule is Cc1nc2c(n1C1CCN(C(C)C[C@H](NC(=O)O)c3cccc(F)c3)CC1)CNCC2. The first-order chi connectivity index (χ1) is 14.9. The van der Waals surface area contributed by atoms with Crippen LogP contribution >= 0.6 is 0 Å². The Morgan fingerprint density at radius 2 is 2.16 bits per heavy atom. The number of hydrogen-bond acceptors (Lipinski definition) is 4. The molecular weight excluding hydrogens is 397 g/mol. The fourth-order valence-electron chi connectivity index (χ4n) is 5.16. The highest BCUT2D eigenvalue weighted by Gasteiger charge is 2.29. The van der Waals surface area contributed by atoms with E-state index < -0.39 is 12.1 Å². The number of hydrogen-bond donors (Lipinski definition) is 3. The number of carbonyl (C=O) groups is 1. The minimum atomic E-state index is -1.09. The number of piperidine rings is 1. The first kappa shape index (κ1) is 21.8. The highest BCUT2D eigenvalue weighted by atomic mass is 19.1. The Kier molecular flexibility index (Phi) is 6.57. The van der Waals surface area contributed by atoms with Gasteiger partial charge < -0.3 is 25.2 Å². The fraction of sp³-hybridized carbons (Fsp3) is 0.565. The number of amides is 1. The second-order valence-electron chi connectivity index (χ2n) is 8.76. The van der Waals surface area contributed by atoms with E-state index in [0.717, 1.165) is 51.3 Å². The van der Waals surface area contributed by atoms with Gasteiger partial charge in [0.1, 0.15) is 11.6 Å². The topological polar surface area (TPSA) is 82.4 Å². The molecule has 2 aliphatic rings. The standard InChI is InChI=1S/C23H32FN5O2/c1-15(12-21(27-23(30)31)17-4-3-5-18(24)13-17)28-10-7-19(8-11-28)29-16(2)26-20-6-9-25-14-22(20)29/h3-5,13,15,19,21,25,27H,6-12,14H2,1-2H3,(H,30,31)/t15?,21-/m0/s1. The number of halogens is 1. The third-order valence-corrected chi connectivity index (χ3v) is 6.71. The van der Waals surface area contributed by atoms with Crippen molar-refractivity contribution in [3.63, 3.8) is 0 Å². The molecule has 0 aliphatic carbocycles. The molecule has 168 valence electrons. The van der Waals surface area contributed by atoms with Crippen molar-refractivity contribution in [1.29, 1.82) is 0 Å². The first-order valence-corrected chi connectivity index (χ1v) is 11.2. The van der Waals surface area contributed by atoms with Gasteiger partial charge >= 0.3 is 6.09 Å². The maximum Gasteiger partial charge on any atom is 0.405 e. The largest absolute Gasteiger partial charge is 0.465 e. The molecule has 7 nitrogen and oxygen atoms in total. The quantitative estimate of drug-likeness (QED) is 0.656. The number of fused-ring (bicyclic) bond motifs is 1. The van der Waals surface area contributed by atoms with Gasteiger partial charge in [0.05, 0.1) is 17.4 Å². The lowest BCUT2D eigenvalue weighted by atomic mass is 9.96. The van der Waals surface area contributed by atoms with E-state index in [1.807, 2.05) is 0 Å². The van der Waals surface area contributed by atoms with Crippen LogP contribution in [0.5, 0.6) is 0 Å². The van der Waals surface area contributed by atoms with Crippen LogP contribution in [0.25, 0.3) is 0 Å². The van der Waals surface area contributed by atoms with Crippen LogP contribution < -0.4 is 10.6 Å². The van der Waals surface area contributed by atoms with Crippen molar-refractivity contribution >= 4 is 6.09 Å². The molecule has 1 fully saturated rings. The van der Waals surface area contributed by atoms with E-state index in [9.17, 15) is 14.3 Å². The van der Waals surface area contributed by atoms with E-state index in [0.29, 0.717) is 18.0 Å². The van der Waals surface area contributed by atoms with Crippen LogP contribution in [0.2, 0.25) is 0 Å². The summed E-state index contributed by atoms with van der Waals surface area (Å²) in [7, 11) is 0. The van der Waals surface area contributed by atoms with Gasteiger partial charge in [0.2, 0.25) is 0 Å². The Hall–Kier alpha value is -2.45. The Labute approximate surface area is 182 Å². The van der Waals surface area contributed by atoms with Crippen LogP contribution in [0.4, 0.5) is 9.18 Å². The number of rotatable bonds is 6. The summed E-state index contributed by atoms with van der Waals surface area (Å²) in [5.41, 5.74) is 3.24. The van der Waals surface area contributed by atoms with E-state index in [1.54, 1.807) is 12.1 Å². The number of nitrogens with one attached hydrogen (secondary N) is 2. The lowest BCUT2D eigenvalue weighted by Gasteiger charge is -2.38. The van der Waals surface area contributed by atoms with E-state index in [2.05, 4.69) is 33.9 Å². The van der Waals surface area contributed by atoms with Gasteiger partial charge in [0.25, 0.3) is 0 Å². The summed E-state index contributed by atoms with van der Waals surface area (Å²) in [6, 6.07) is 6.40. The summed E-state index contributed by atoms with van der Waals surface area (Å²) in [6.07, 6.45) is 2.60. The van der Waals surface area contributed by atoms with Crippen molar-refractivity contribution < 1.29 is 14.3 Å². The Morgan fingerprint density at radius 1 is 1.39 bits per heavy atom. The smallest absolute Gasteiger partial charge is 0.405 e. The number of benzene rings is 1. The van der Waals surface area contributed by atoms with Crippen molar-refractivity contribution in [1.82, 2.24) is 25.1 Å². The zero-order chi connectivity index (χ0) is 22.0. The van der Waals surface area contributed by atoms with E-state index >= 15 is 0 Å². The Balaban J connectivity index is 1.40. The molecule has 1 aromatic carbocycles. The minimum absolute atomic E-state index is 0.181. The van der Waals surface area contributed by atoms with Crippen molar-refractivity contribution in [3.05, 3.63) is 52.9 Å². The molecule has 31 heavy (non-hydrogen) atoms. The Bertz CT molecular complexity index is 923. The molecule has 1 saturated heterocycles. The lowest BCUT2D eigenvalue weighted by molar-refractivity contribution is 0.127. The van der Waals surface area contributed by atoms with Gasteiger partial charge in [-0.2, -0.15) is 0 Å². The summed E-state index contributed by atoms with van der Waals surface area (Å²) in [6.45, 7) is 8.03. The van der Waals surface area contributed by atoms with Crippen molar-refractivity contribution in [2.45, 2.75) is 64.2 Å². The monoisotopic (exact) mass is 429 g/mol. The second-order valence-corrected chi connectivity index (χ2v) is 8.76. The van der Waals surface area contributed by atoms with Crippen LogP contribution in [0.15, 0.2) is 24.3 Å². The molecule has 2 aliphatic heterocycles. The molecule has 0 bridgehead atoms. The molecule has 2 atom stereocenters. The molecule has 1 amide bonds. The first-order valence-electron chi connectivity index (χ1n) is 11.2. The average Bonchev–Trinajstić information content (AvgIpc) is 3.08. The Morgan fingerprint density at radius 3 is 2.87 bits per heavy atom. The molecular formula is C23H32FN5O2. The van der Waals surface area contributed by atoms with Gasteiger partial charge in [-0.15, -0.1) is 0 Å². The summed E-state index contributed by atoms with van der Waals surface area (Å²) < 4.78 is 16.1. The predicted molar refractivity (Wildman–Crippen MR) is 117 cm³/mol. The van der Waals surface area contributed by atoms with Gasteiger partial charge in [0, 0.05) is 44.7 Å². The lowest BCUT2D eigenvalue weighted by Crippen LogP contribution is -2.43. The van der Waals surface area contributed by atoms with Gasteiger partial charge in [0.15, 0.2) is 0 Å². The van der Waals surface area contributed by atoms with Crippen LogP contribution in [-0.2, 0) is 13.0 Å². The third kappa shape index (κ3) is 4.91. The van der Waals surface area contributed by atoms with Crippen molar-refractivity contribution in [2.75, 3.05) is 19.6 Å². The molecule has 2 aromatic rings. The van der Waals surface area contributed by atoms with E-state index in [4.69, 9.17) is 4.98 Å². The van der Waals surface area contributed by atoms with E-state index in [1.165, 1.54) is 23.5 Å². The fourth-order valence-corrected chi connectivity index (χ4v) is 5.16. The molecule has 0 radical (unpaired) electrons. The molecule has 1 aromatic heterocycles. The van der Waals surface area contributed by atoms with Crippen molar-refractivity contribution in [2.24, 2.45) is 0 Å². The number of aromatic nitrogens is 2. The molecule has 1 unspecified atom stereocenters. The second kappa shape index (κ2) is 9.36.